The standard InChI is InChI=1S/C26H19F3N2O3/c1-26(2,34)13-31-8-7-15-9-20(22(28)23(29)24(15)31)18-6-5-16(25(32)33)10-19(18)14-3-4-17(12-30)21(27)11-14/h3-11,34H,13H2,1-2H3,(H,32,33). The number of halogens is 3. The minimum Gasteiger partial charge on any atom is -0.478 e. The van der Waals surface area contributed by atoms with E-state index < -0.39 is 29.0 Å². The van der Waals surface area contributed by atoms with Gasteiger partial charge in [-0.05, 0) is 66.9 Å². The number of fused-ring (bicyclic) bond motifs is 1. The third kappa shape index (κ3) is 4.14. The first-order valence-corrected chi connectivity index (χ1v) is 10.3. The van der Waals surface area contributed by atoms with Crippen LogP contribution in [0.4, 0.5) is 13.2 Å². The van der Waals surface area contributed by atoms with E-state index in [1.54, 1.807) is 32.2 Å². The normalized spacial score (nSPS) is 11.6. The largest absolute Gasteiger partial charge is 0.478 e. The highest BCUT2D eigenvalue weighted by molar-refractivity contribution is 5.95. The molecule has 34 heavy (non-hydrogen) atoms. The predicted octanol–water partition coefficient (Wildman–Crippen LogP) is 5.73. The Morgan fingerprint density at radius 2 is 1.74 bits per heavy atom. The Hall–Kier alpha value is -4.09. The SMILES string of the molecule is CC(C)(O)Cn1ccc2cc(-c3ccc(C(=O)O)cc3-c3ccc(C#N)c(F)c3)c(F)c(F)c21. The van der Waals surface area contributed by atoms with Gasteiger partial charge in [0.25, 0.3) is 0 Å². The Morgan fingerprint density at radius 3 is 2.35 bits per heavy atom. The Bertz CT molecular complexity index is 1490. The fraction of sp³-hybridized carbons (Fsp3) is 0.154. The lowest BCUT2D eigenvalue weighted by molar-refractivity contribution is 0.0626. The number of aromatic carboxylic acids is 1. The van der Waals surface area contributed by atoms with E-state index in [0.717, 1.165) is 6.07 Å². The molecule has 0 amide bonds. The number of carbonyl (C=O) groups is 1. The third-order valence-electron chi connectivity index (χ3n) is 5.45. The van der Waals surface area contributed by atoms with Crippen molar-refractivity contribution in [3.05, 3.63) is 83.3 Å². The quantitative estimate of drug-likeness (QED) is 0.395. The van der Waals surface area contributed by atoms with Crippen LogP contribution in [0, 0.1) is 28.8 Å². The maximum Gasteiger partial charge on any atom is 0.335 e. The molecule has 0 radical (unpaired) electrons. The second kappa shape index (κ2) is 8.36. The van der Waals surface area contributed by atoms with Gasteiger partial charge in [-0.1, -0.05) is 12.1 Å². The van der Waals surface area contributed by atoms with Gasteiger partial charge in [-0.2, -0.15) is 5.26 Å². The molecule has 0 fully saturated rings. The predicted molar refractivity (Wildman–Crippen MR) is 121 cm³/mol. The van der Waals surface area contributed by atoms with Gasteiger partial charge in [0.15, 0.2) is 11.6 Å². The van der Waals surface area contributed by atoms with Crippen LogP contribution in [0.25, 0.3) is 33.2 Å². The number of aliphatic hydroxyl groups is 1. The maximum atomic E-state index is 15.4. The Morgan fingerprint density at radius 1 is 1.00 bits per heavy atom. The highest BCUT2D eigenvalue weighted by atomic mass is 19.2. The molecule has 3 aromatic carbocycles. The van der Waals surface area contributed by atoms with Crippen LogP contribution in [0.5, 0.6) is 0 Å². The molecule has 5 nitrogen and oxygen atoms in total. The second-order valence-corrected chi connectivity index (χ2v) is 8.62. The molecule has 0 bridgehead atoms. The van der Waals surface area contributed by atoms with E-state index >= 15 is 8.78 Å². The number of nitrogens with zero attached hydrogens (tertiary/aromatic N) is 2. The van der Waals surface area contributed by atoms with Crippen LogP contribution >= 0.6 is 0 Å². The van der Waals surface area contributed by atoms with Gasteiger partial charge in [0.2, 0.25) is 0 Å². The molecule has 4 aromatic rings. The molecule has 2 N–H and O–H groups in total. The Labute approximate surface area is 192 Å². The second-order valence-electron chi connectivity index (χ2n) is 8.62. The molecule has 0 unspecified atom stereocenters. The van der Waals surface area contributed by atoms with Crippen LogP contribution in [0.2, 0.25) is 0 Å². The molecule has 0 aliphatic heterocycles. The third-order valence-corrected chi connectivity index (χ3v) is 5.45. The molecular weight excluding hydrogens is 445 g/mol. The summed E-state index contributed by atoms with van der Waals surface area (Å²) in [5.41, 5.74) is -1.12. The van der Waals surface area contributed by atoms with Crippen molar-refractivity contribution in [2.75, 3.05) is 0 Å². The lowest BCUT2D eigenvalue weighted by atomic mass is 9.91. The minimum absolute atomic E-state index is 0.0171. The molecule has 0 saturated carbocycles. The molecule has 0 atom stereocenters. The smallest absolute Gasteiger partial charge is 0.335 e. The highest BCUT2D eigenvalue weighted by Gasteiger charge is 2.23. The summed E-state index contributed by atoms with van der Waals surface area (Å²) in [6.07, 6.45) is 1.54. The molecular formula is C26H19F3N2O3. The van der Waals surface area contributed by atoms with Gasteiger partial charge >= 0.3 is 5.97 Å². The van der Waals surface area contributed by atoms with Crippen LogP contribution < -0.4 is 0 Å². The summed E-state index contributed by atoms with van der Waals surface area (Å²) in [4.78, 5) is 11.5. The van der Waals surface area contributed by atoms with Crippen molar-refractivity contribution in [2.24, 2.45) is 0 Å². The van der Waals surface area contributed by atoms with Gasteiger partial charge in [0, 0.05) is 17.1 Å². The number of hydrogen-bond acceptors (Lipinski definition) is 3. The molecule has 4 rings (SSSR count). The first-order valence-electron chi connectivity index (χ1n) is 10.3. The highest BCUT2D eigenvalue weighted by Crippen LogP contribution is 2.38. The van der Waals surface area contributed by atoms with E-state index in [9.17, 15) is 19.4 Å². The van der Waals surface area contributed by atoms with Crippen molar-refractivity contribution in [1.82, 2.24) is 4.57 Å². The lowest BCUT2D eigenvalue weighted by Gasteiger charge is -2.19. The van der Waals surface area contributed by atoms with Crippen LogP contribution in [0.3, 0.4) is 0 Å². The van der Waals surface area contributed by atoms with E-state index in [1.807, 2.05) is 0 Å². The monoisotopic (exact) mass is 464 g/mol. The van der Waals surface area contributed by atoms with Crippen molar-refractivity contribution >= 4 is 16.9 Å². The first-order chi connectivity index (χ1) is 16.0. The first kappa shape index (κ1) is 23.1. The fourth-order valence-electron chi connectivity index (χ4n) is 3.97. The average molecular weight is 464 g/mol. The molecule has 0 aliphatic rings. The lowest BCUT2D eigenvalue weighted by Crippen LogP contribution is -2.25. The summed E-state index contributed by atoms with van der Waals surface area (Å²) < 4.78 is 46.4. The summed E-state index contributed by atoms with van der Waals surface area (Å²) in [6.45, 7) is 3.14. The number of hydrogen-bond donors (Lipinski definition) is 2. The fourth-order valence-corrected chi connectivity index (χ4v) is 3.97. The molecule has 1 heterocycles. The van der Waals surface area contributed by atoms with E-state index in [4.69, 9.17) is 5.26 Å². The number of aromatic nitrogens is 1. The molecule has 0 spiro atoms. The van der Waals surface area contributed by atoms with Crippen molar-refractivity contribution in [2.45, 2.75) is 26.0 Å². The molecule has 0 saturated heterocycles. The van der Waals surface area contributed by atoms with Gasteiger partial charge in [-0.15, -0.1) is 0 Å². The number of benzene rings is 3. The van der Waals surface area contributed by atoms with Crippen LogP contribution in [0.1, 0.15) is 29.8 Å². The van der Waals surface area contributed by atoms with Crippen molar-refractivity contribution in [3.8, 4) is 28.3 Å². The van der Waals surface area contributed by atoms with Crippen LogP contribution in [0.15, 0.2) is 54.7 Å². The molecule has 0 aliphatic carbocycles. The van der Waals surface area contributed by atoms with Crippen molar-refractivity contribution in [3.63, 3.8) is 0 Å². The Kier molecular flexibility index (Phi) is 5.67. The number of nitriles is 1. The summed E-state index contributed by atoms with van der Waals surface area (Å²) >= 11 is 0. The number of carboxylic acids is 1. The maximum absolute atomic E-state index is 15.4. The minimum atomic E-state index is -1.24. The van der Waals surface area contributed by atoms with Gasteiger partial charge in [-0.25, -0.2) is 18.0 Å². The topological polar surface area (TPSA) is 86.2 Å². The summed E-state index contributed by atoms with van der Waals surface area (Å²) in [7, 11) is 0. The van der Waals surface area contributed by atoms with E-state index in [1.165, 1.54) is 41.0 Å². The average Bonchev–Trinajstić information content (AvgIpc) is 3.16. The zero-order valence-electron chi connectivity index (χ0n) is 18.2. The van der Waals surface area contributed by atoms with Gasteiger partial charge in [0.1, 0.15) is 11.9 Å². The van der Waals surface area contributed by atoms with Gasteiger partial charge < -0.3 is 14.8 Å². The van der Waals surface area contributed by atoms with Crippen LogP contribution in [-0.4, -0.2) is 26.4 Å². The zero-order chi connectivity index (χ0) is 24.8. The molecule has 8 heteroatoms. The van der Waals surface area contributed by atoms with Crippen LogP contribution in [-0.2, 0) is 6.54 Å². The number of carboxylic acid groups (broad SMARTS) is 1. The molecule has 172 valence electrons. The molecule has 1 aromatic heterocycles. The number of rotatable bonds is 5. The van der Waals surface area contributed by atoms with E-state index in [-0.39, 0.29) is 45.4 Å². The zero-order valence-corrected chi connectivity index (χ0v) is 18.2. The summed E-state index contributed by atoms with van der Waals surface area (Å²) in [6, 6.07) is 12.3. The van der Waals surface area contributed by atoms with Gasteiger partial charge in [-0.3, -0.25) is 0 Å². The van der Waals surface area contributed by atoms with Gasteiger partial charge in [0.05, 0.1) is 28.8 Å². The van der Waals surface area contributed by atoms with E-state index in [0.29, 0.717) is 5.39 Å². The summed E-state index contributed by atoms with van der Waals surface area (Å²) in [5, 5.41) is 28.9. The summed E-state index contributed by atoms with van der Waals surface area (Å²) in [5.74, 6) is -4.35. The Balaban J connectivity index is 1.97. The van der Waals surface area contributed by atoms with Crippen molar-refractivity contribution < 1.29 is 28.2 Å². The van der Waals surface area contributed by atoms with Crippen molar-refractivity contribution in [1.29, 1.82) is 5.26 Å². The van der Waals surface area contributed by atoms with E-state index in [2.05, 4.69) is 0 Å².